The van der Waals surface area contributed by atoms with Crippen LogP contribution >= 0.6 is 0 Å². The summed E-state index contributed by atoms with van der Waals surface area (Å²) in [4.78, 5) is 22.8. The summed E-state index contributed by atoms with van der Waals surface area (Å²) in [6.45, 7) is 3.81. The molecule has 3 N–H and O–H groups in total. The van der Waals surface area contributed by atoms with Gasteiger partial charge in [-0.3, -0.25) is 9.59 Å². The van der Waals surface area contributed by atoms with Crippen molar-refractivity contribution in [3.63, 3.8) is 0 Å². The van der Waals surface area contributed by atoms with E-state index < -0.39 is 5.91 Å². The Balaban J connectivity index is 1.85. The van der Waals surface area contributed by atoms with Gasteiger partial charge < -0.3 is 15.6 Å². The molecule has 0 saturated carbocycles. The fourth-order valence-electron chi connectivity index (χ4n) is 1.98. The van der Waals surface area contributed by atoms with Gasteiger partial charge in [0.1, 0.15) is 5.76 Å². The van der Waals surface area contributed by atoms with Crippen LogP contribution in [-0.4, -0.2) is 23.5 Å². The van der Waals surface area contributed by atoms with E-state index >= 15 is 0 Å². The Hall–Kier alpha value is -3.07. The monoisotopic (exact) mass is 311 g/mol. The van der Waals surface area contributed by atoms with Crippen molar-refractivity contribution < 1.29 is 14.1 Å². The first-order chi connectivity index (χ1) is 11.0. The van der Waals surface area contributed by atoms with E-state index in [1.54, 1.807) is 38.1 Å². The molecule has 0 radical (unpaired) electrons. The Labute approximate surface area is 134 Å². The first-order valence-corrected chi connectivity index (χ1v) is 7.04. The van der Waals surface area contributed by atoms with E-state index in [-0.39, 0.29) is 18.9 Å². The summed E-state index contributed by atoms with van der Waals surface area (Å²) in [6.07, 6.45) is 0.218. The highest BCUT2D eigenvalue weighted by Crippen LogP contribution is 2.12. The molecule has 6 heteroatoms. The molecule has 2 aromatic rings. The van der Waals surface area contributed by atoms with E-state index in [0.717, 1.165) is 16.8 Å². The van der Waals surface area contributed by atoms with Crippen molar-refractivity contribution in [1.29, 1.82) is 0 Å². The van der Waals surface area contributed by atoms with Gasteiger partial charge in [-0.2, -0.15) is 0 Å². The van der Waals surface area contributed by atoms with Crippen LogP contribution in [-0.2, 0) is 11.2 Å². The maximum absolute atomic E-state index is 11.8. The Morgan fingerprint density at radius 3 is 2.52 bits per heavy atom. The number of primary amides is 1. The molecule has 1 heterocycles. The molecule has 118 valence electrons. The van der Waals surface area contributed by atoms with Crippen LogP contribution in [0.15, 0.2) is 28.8 Å². The van der Waals surface area contributed by atoms with Gasteiger partial charge in [0.25, 0.3) is 0 Å². The molecular weight excluding hydrogens is 294 g/mol. The third kappa shape index (κ3) is 4.45. The molecule has 0 aliphatic rings. The highest BCUT2D eigenvalue weighted by Gasteiger charge is 2.12. The molecule has 2 rings (SSSR count). The van der Waals surface area contributed by atoms with Gasteiger partial charge in [0, 0.05) is 16.7 Å². The van der Waals surface area contributed by atoms with Gasteiger partial charge in [-0.25, -0.2) is 0 Å². The van der Waals surface area contributed by atoms with Crippen LogP contribution in [0.5, 0.6) is 0 Å². The van der Waals surface area contributed by atoms with E-state index in [1.807, 2.05) is 0 Å². The Morgan fingerprint density at radius 2 is 1.96 bits per heavy atom. The number of aromatic nitrogens is 1. The van der Waals surface area contributed by atoms with Crippen LogP contribution in [0, 0.1) is 25.7 Å². The summed E-state index contributed by atoms with van der Waals surface area (Å²) in [5, 5.41) is 6.53. The third-order valence-electron chi connectivity index (χ3n) is 3.29. The van der Waals surface area contributed by atoms with Crippen LogP contribution < -0.4 is 11.1 Å². The first-order valence-electron chi connectivity index (χ1n) is 7.04. The molecule has 0 spiro atoms. The molecule has 0 aliphatic carbocycles. The van der Waals surface area contributed by atoms with Crippen molar-refractivity contribution in [3.05, 3.63) is 52.4 Å². The molecule has 2 amide bonds. The summed E-state index contributed by atoms with van der Waals surface area (Å²) >= 11 is 0. The van der Waals surface area contributed by atoms with Gasteiger partial charge in [-0.1, -0.05) is 17.0 Å². The molecule has 0 fully saturated rings. The number of hydrogen-bond acceptors (Lipinski definition) is 4. The molecular formula is C17H17N3O3. The van der Waals surface area contributed by atoms with Crippen LogP contribution in [0.4, 0.5) is 0 Å². The number of rotatable bonds is 4. The normalized spacial score (nSPS) is 9.83. The number of aryl methyl sites for hydroxylation is 2. The van der Waals surface area contributed by atoms with Crippen LogP contribution in [0.3, 0.4) is 0 Å². The molecule has 0 saturated heterocycles. The topological polar surface area (TPSA) is 98.2 Å². The van der Waals surface area contributed by atoms with E-state index in [4.69, 9.17) is 10.3 Å². The zero-order valence-corrected chi connectivity index (χ0v) is 13.0. The molecule has 1 aromatic carbocycles. The van der Waals surface area contributed by atoms with E-state index in [0.29, 0.717) is 11.3 Å². The van der Waals surface area contributed by atoms with Crippen LogP contribution in [0.1, 0.15) is 32.9 Å². The minimum atomic E-state index is -0.476. The zero-order chi connectivity index (χ0) is 16.8. The summed E-state index contributed by atoms with van der Waals surface area (Å²) < 4.78 is 5.02. The van der Waals surface area contributed by atoms with Crippen molar-refractivity contribution in [2.24, 2.45) is 5.73 Å². The largest absolute Gasteiger partial charge is 0.366 e. The molecule has 0 unspecified atom stereocenters. The molecule has 0 atom stereocenters. The number of nitrogens with one attached hydrogen (secondary N) is 1. The van der Waals surface area contributed by atoms with Gasteiger partial charge in [-0.15, -0.1) is 0 Å². The van der Waals surface area contributed by atoms with Crippen molar-refractivity contribution in [2.45, 2.75) is 20.3 Å². The number of amides is 2. The number of carbonyl (C=O) groups is 2. The number of hydrogen-bond donors (Lipinski definition) is 2. The summed E-state index contributed by atoms with van der Waals surface area (Å²) in [7, 11) is 0. The van der Waals surface area contributed by atoms with Gasteiger partial charge in [-0.05, 0) is 38.1 Å². The standard InChI is InChI=1S/C17H17N3O3/c1-11-15(12(2)23-20-11)10-16(21)19-9-3-4-13-5-7-14(8-6-13)17(18)22/h5-8H,9-10H2,1-2H3,(H2,18,22)(H,19,21). The fraction of sp³-hybridized carbons (Fsp3) is 0.235. The second-order valence-electron chi connectivity index (χ2n) is 5.00. The number of benzene rings is 1. The SMILES string of the molecule is Cc1noc(C)c1CC(=O)NCC#Cc1ccc(C(N)=O)cc1. The van der Waals surface area contributed by atoms with Gasteiger partial charge in [0.2, 0.25) is 11.8 Å². The number of nitrogens with zero attached hydrogens (tertiary/aromatic N) is 1. The summed E-state index contributed by atoms with van der Waals surface area (Å²) in [5.74, 6) is 5.79. The Bertz CT molecular complexity index is 760. The minimum Gasteiger partial charge on any atom is -0.366 e. The first kappa shape index (κ1) is 16.3. The molecule has 6 nitrogen and oxygen atoms in total. The van der Waals surface area contributed by atoms with Gasteiger partial charge in [0.05, 0.1) is 18.7 Å². The quantitative estimate of drug-likeness (QED) is 0.826. The molecule has 0 bridgehead atoms. The molecule has 0 aliphatic heterocycles. The Morgan fingerprint density at radius 1 is 1.26 bits per heavy atom. The van der Waals surface area contributed by atoms with E-state index in [1.165, 1.54) is 0 Å². The smallest absolute Gasteiger partial charge is 0.248 e. The molecule has 1 aromatic heterocycles. The lowest BCUT2D eigenvalue weighted by atomic mass is 10.1. The average molecular weight is 311 g/mol. The third-order valence-corrected chi connectivity index (χ3v) is 3.29. The van der Waals surface area contributed by atoms with Gasteiger partial charge in [0.15, 0.2) is 0 Å². The van der Waals surface area contributed by atoms with Crippen LogP contribution in [0.2, 0.25) is 0 Å². The second-order valence-corrected chi connectivity index (χ2v) is 5.00. The highest BCUT2D eigenvalue weighted by molar-refractivity contribution is 5.92. The number of carbonyl (C=O) groups excluding carboxylic acids is 2. The highest BCUT2D eigenvalue weighted by atomic mass is 16.5. The lowest BCUT2D eigenvalue weighted by molar-refractivity contribution is -0.120. The Kier molecular flexibility index (Phi) is 5.15. The predicted octanol–water partition coefficient (Wildman–Crippen LogP) is 1.10. The predicted molar refractivity (Wildman–Crippen MR) is 84.5 cm³/mol. The lowest BCUT2D eigenvalue weighted by Crippen LogP contribution is -2.25. The van der Waals surface area contributed by atoms with Crippen molar-refractivity contribution in [1.82, 2.24) is 10.5 Å². The lowest BCUT2D eigenvalue weighted by Gasteiger charge is -2.00. The van der Waals surface area contributed by atoms with Crippen LogP contribution in [0.25, 0.3) is 0 Å². The minimum absolute atomic E-state index is 0.141. The fourth-order valence-corrected chi connectivity index (χ4v) is 1.98. The van der Waals surface area contributed by atoms with Crippen molar-refractivity contribution >= 4 is 11.8 Å². The maximum atomic E-state index is 11.8. The maximum Gasteiger partial charge on any atom is 0.248 e. The van der Waals surface area contributed by atoms with E-state index in [9.17, 15) is 9.59 Å². The molecule has 23 heavy (non-hydrogen) atoms. The van der Waals surface area contributed by atoms with Crippen molar-refractivity contribution in [3.8, 4) is 11.8 Å². The second kappa shape index (κ2) is 7.27. The number of nitrogens with two attached hydrogens (primary N) is 1. The summed E-state index contributed by atoms with van der Waals surface area (Å²) in [6, 6.07) is 6.64. The van der Waals surface area contributed by atoms with Crippen molar-refractivity contribution in [2.75, 3.05) is 6.54 Å². The zero-order valence-electron chi connectivity index (χ0n) is 13.0. The summed E-state index contributed by atoms with van der Waals surface area (Å²) in [5.41, 5.74) is 7.86. The van der Waals surface area contributed by atoms with E-state index in [2.05, 4.69) is 22.3 Å². The average Bonchev–Trinajstić information content (AvgIpc) is 2.84. The van der Waals surface area contributed by atoms with Gasteiger partial charge >= 0.3 is 0 Å².